The number of carbonyl (C=O) groups excluding carboxylic acids is 1. The molecule has 0 bridgehead atoms. The predicted molar refractivity (Wildman–Crippen MR) is 127 cm³/mol. The van der Waals surface area contributed by atoms with Crippen molar-refractivity contribution in [3.05, 3.63) is 90.1 Å². The van der Waals surface area contributed by atoms with Crippen LogP contribution in [0.4, 0.5) is 0 Å². The molecule has 0 fully saturated rings. The molecule has 2 heterocycles. The van der Waals surface area contributed by atoms with E-state index in [0.717, 1.165) is 22.0 Å². The number of para-hydroxylation sites is 2. The minimum Gasteiger partial charge on any atom is -0.496 e. The van der Waals surface area contributed by atoms with Crippen LogP contribution in [0.1, 0.15) is 29.4 Å². The van der Waals surface area contributed by atoms with Gasteiger partial charge in [0, 0.05) is 60.3 Å². The number of nitrogens with one attached hydrogen (secondary N) is 1. The van der Waals surface area contributed by atoms with Crippen LogP contribution in [0.2, 0.25) is 0 Å². The molecule has 0 aliphatic heterocycles. The van der Waals surface area contributed by atoms with Gasteiger partial charge in [-0.2, -0.15) is 5.26 Å². The van der Waals surface area contributed by atoms with Crippen LogP contribution in [0.15, 0.2) is 73.2 Å². The lowest BCUT2D eigenvalue weighted by Crippen LogP contribution is -2.30. The van der Waals surface area contributed by atoms with E-state index in [0.29, 0.717) is 24.5 Å². The molecule has 1 amide bonds. The van der Waals surface area contributed by atoms with Crippen molar-refractivity contribution >= 4 is 22.9 Å². The molecule has 2 aromatic heterocycles. The first kappa shape index (κ1) is 21.9. The summed E-state index contributed by atoms with van der Waals surface area (Å²) in [5.74, 6) is 1.13. The summed E-state index contributed by atoms with van der Waals surface area (Å²) in [6.45, 7) is 0.603. The fourth-order valence-electron chi connectivity index (χ4n) is 3.96. The Morgan fingerprint density at radius 3 is 2.79 bits per heavy atom. The van der Waals surface area contributed by atoms with Gasteiger partial charge in [0.15, 0.2) is 0 Å². The van der Waals surface area contributed by atoms with E-state index in [1.165, 1.54) is 6.08 Å². The number of amides is 1. The lowest BCUT2D eigenvalue weighted by atomic mass is 10.0. The molecule has 7 nitrogen and oxygen atoms in total. The zero-order valence-electron chi connectivity index (χ0n) is 18.6. The van der Waals surface area contributed by atoms with E-state index in [1.54, 1.807) is 19.4 Å². The van der Waals surface area contributed by atoms with Crippen LogP contribution in [-0.4, -0.2) is 27.1 Å². The van der Waals surface area contributed by atoms with Crippen molar-refractivity contribution in [2.45, 2.75) is 19.0 Å². The third kappa shape index (κ3) is 4.65. The molecule has 0 aliphatic rings. The Morgan fingerprint density at radius 1 is 1.24 bits per heavy atom. The molecular weight excluding hydrogens is 414 g/mol. The second-order valence-corrected chi connectivity index (χ2v) is 7.62. The summed E-state index contributed by atoms with van der Waals surface area (Å²) in [6.07, 6.45) is 9.28. The number of fused-ring (bicyclic) bond motifs is 1. The van der Waals surface area contributed by atoms with Crippen molar-refractivity contribution in [1.29, 1.82) is 5.26 Å². The average molecular weight is 440 g/mol. The number of aromatic nitrogens is 3. The first-order valence-electron chi connectivity index (χ1n) is 10.7. The van der Waals surface area contributed by atoms with Gasteiger partial charge in [0.1, 0.15) is 17.6 Å². The number of imidazole rings is 1. The molecule has 1 unspecified atom stereocenters. The van der Waals surface area contributed by atoms with Gasteiger partial charge in [-0.05, 0) is 18.2 Å². The summed E-state index contributed by atoms with van der Waals surface area (Å²) in [7, 11) is 3.50. The molecule has 4 rings (SSSR count). The van der Waals surface area contributed by atoms with E-state index in [9.17, 15) is 4.79 Å². The number of aryl methyl sites for hydroxylation is 2. The summed E-state index contributed by atoms with van der Waals surface area (Å²) in [4.78, 5) is 17.4. The number of hydrogen-bond acceptors (Lipinski definition) is 4. The average Bonchev–Trinajstić information content (AvgIpc) is 3.43. The largest absolute Gasteiger partial charge is 0.496 e. The second-order valence-electron chi connectivity index (χ2n) is 7.62. The van der Waals surface area contributed by atoms with E-state index in [2.05, 4.69) is 16.4 Å². The maximum Gasteiger partial charge on any atom is 0.244 e. The first-order chi connectivity index (χ1) is 16.1. The van der Waals surface area contributed by atoms with Crippen LogP contribution in [0.3, 0.4) is 0 Å². The van der Waals surface area contributed by atoms with Gasteiger partial charge in [-0.3, -0.25) is 4.79 Å². The lowest BCUT2D eigenvalue weighted by Gasteiger charge is -2.20. The minimum atomic E-state index is -0.477. The highest BCUT2D eigenvalue weighted by Gasteiger charge is 2.23. The molecule has 2 aromatic carbocycles. The van der Waals surface area contributed by atoms with Gasteiger partial charge in [0.25, 0.3) is 0 Å². The van der Waals surface area contributed by atoms with E-state index >= 15 is 0 Å². The number of nitriles is 1. The highest BCUT2D eigenvalue weighted by Crippen LogP contribution is 2.29. The number of nitrogens with zero attached hydrogens (tertiary/aromatic N) is 4. The van der Waals surface area contributed by atoms with Crippen LogP contribution < -0.4 is 10.1 Å². The van der Waals surface area contributed by atoms with Crippen molar-refractivity contribution in [2.75, 3.05) is 7.11 Å². The lowest BCUT2D eigenvalue weighted by molar-refractivity contribution is -0.117. The molecule has 7 heteroatoms. The Balaban J connectivity index is 1.62. The third-order valence-electron chi connectivity index (χ3n) is 5.55. The number of hydrogen-bond donors (Lipinski definition) is 1. The number of rotatable bonds is 8. The van der Waals surface area contributed by atoms with Gasteiger partial charge < -0.3 is 19.2 Å². The van der Waals surface area contributed by atoms with Gasteiger partial charge >= 0.3 is 0 Å². The molecule has 0 saturated heterocycles. The molecule has 1 atom stereocenters. The van der Waals surface area contributed by atoms with Gasteiger partial charge in [0.2, 0.25) is 5.91 Å². The van der Waals surface area contributed by atoms with Crippen LogP contribution in [0, 0.1) is 11.3 Å². The topological polar surface area (TPSA) is 84.9 Å². The van der Waals surface area contributed by atoms with E-state index in [-0.39, 0.29) is 5.91 Å². The number of ether oxygens (including phenoxy) is 1. The number of methoxy groups -OCH3 is 1. The van der Waals surface area contributed by atoms with Crippen molar-refractivity contribution in [3.8, 4) is 11.8 Å². The van der Waals surface area contributed by atoms with Gasteiger partial charge in [-0.25, -0.2) is 4.98 Å². The highest BCUT2D eigenvalue weighted by atomic mass is 16.5. The maximum atomic E-state index is 13.0. The van der Waals surface area contributed by atoms with Crippen LogP contribution >= 0.6 is 0 Å². The molecular formula is C26H25N5O2. The summed E-state index contributed by atoms with van der Waals surface area (Å²) >= 11 is 0. The minimum absolute atomic E-state index is 0.247. The zero-order valence-corrected chi connectivity index (χ0v) is 18.6. The summed E-state index contributed by atoms with van der Waals surface area (Å²) < 4.78 is 9.45. The molecule has 1 N–H and O–H groups in total. The maximum absolute atomic E-state index is 13.0. The third-order valence-corrected chi connectivity index (χ3v) is 5.55. The van der Waals surface area contributed by atoms with Gasteiger partial charge in [-0.15, -0.1) is 0 Å². The molecule has 0 spiro atoms. The fourth-order valence-corrected chi connectivity index (χ4v) is 3.96. The van der Waals surface area contributed by atoms with Crippen molar-refractivity contribution in [2.24, 2.45) is 7.05 Å². The van der Waals surface area contributed by atoms with Crippen molar-refractivity contribution < 1.29 is 9.53 Å². The molecule has 33 heavy (non-hydrogen) atoms. The summed E-state index contributed by atoms with van der Waals surface area (Å²) in [5, 5.41) is 13.1. The van der Waals surface area contributed by atoms with Crippen molar-refractivity contribution in [3.63, 3.8) is 0 Å². The summed E-state index contributed by atoms with van der Waals surface area (Å²) in [5.41, 5.74) is 2.78. The normalized spacial score (nSPS) is 12.0. The first-order valence-corrected chi connectivity index (χ1v) is 10.7. The fraction of sp³-hybridized carbons (Fsp3) is 0.192. The van der Waals surface area contributed by atoms with Crippen molar-refractivity contribution in [1.82, 2.24) is 19.4 Å². The van der Waals surface area contributed by atoms with E-state index < -0.39 is 6.04 Å². The molecule has 0 saturated carbocycles. The Kier molecular flexibility index (Phi) is 6.56. The van der Waals surface area contributed by atoms with E-state index in [1.807, 2.05) is 77.1 Å². The number of benzene rings is 2. The molecule has 0 radical (unpaired) electrons. The zero-order chi connectivity index (χ0) is 23.2. The molecule has 0 aliphatic carbocycles. The summed E-state index contributed by atoms with van der Waals surface area (Å²) in [6, 6.07) is 17.3. The van der Waals surface area contributed by atoms with Gasteiger partial charge in [0.05, 0.1) is 19.6 Å². The Morgan fingerprint density at radius 2 is 2.03 bits per heavy atom. The quantitative estimate of drug-likeness (QED) is 0.417. The van der Waals surface area contributed by atoms with Gasteiger partial charge in [-0.1, -0.05) is 36.4 Å². The number of carbonyl (C=O) groups is 1. The Bertz CT molecular complexity index is 1340. The highest BCUT2D eigenvalue weighted by molar-refractivity contribution is 5.96. The molecule has 4 aromatic rings. The smallest absolute Gasteiger partial charge is 0.244 e. The Hall–Kier alpha value is -4.31. The molecule has 166 valence electrons. The van der Waals surface area contributed by atoms with Crippen LogP contribution in [-0.2, 0) is 18.4 Å². The van der Waals surface area contributed by atoms with Crippen LogP contribution in [0.25, 0.3) is 17.0 Å². The SMILES string of the molecule is COc1ccccc1C(NC(=O)/C=C/c1cn(CCC#N)c2ccccc12)c1nccn1C. The monoisotopic (exact) mass is 439 g/mol. The van der Waals surface area contributed by atoms with E-state index in [4.69, 9.17) is 10.00 Å². The second kappa shape index (κ2) is 9.88. The predicted octanol–water partition coefficient (Wildman–Crippen LogP) is 4.22. The van der Waals surface area contributed by atoms with Crippen LogP contribution in [0.5, 0.6) is 5.75 Å². The Labute approximate surface area is 192 Å². The standard InChI is InChI=1S/C26H25N5O2/c1-30-17-15-28-26(30)25(21-9-4-6-11-23(21)33-2)29-24(32)13-12-19-18-31(16-7-14-27)22-10-5-3-8-20(19)22/h3-6,8-13,15,17-18,25H,7,16H2,1-2H3,(H,29,32)/b13-12+.